The van der Waals surface area contributed by atoms with Crippen LogP contribution < -0.4 is 5.73 Å². The summed E-state index contributed by atoms with van der Waals surface area (Å²) in [6.45, 7) is 0.305. The number of carbonyl (C=O) groups excluding carboxylic acids is 1. The number of anilines is 1. The van der Waals surface area contributed by atoms with Crippen LogP contribution in [0.5, 0.6) is 0 Å². The van der Waals surface area contributed by atoms with Crippen molar-refractivity contribution in [3.63, 3.8) is 0 Å². The van der Waals surface area contributed by atoms with Crippen molar-refractivity contribution in [1.29, 1.82) is 0 Å². The normalized spacial score (nSPS) is 10.8. The summed E-state index contributed by atoms with van der Waals surface area (Å²) >= 11 is 0. The first kappa shape index (κ1) is 12.2. The first-order chi connectivity index (χ1) is 9.65. The Kier molecular flexibility index (Phi) is 2.82. The van der Waals surface area contributed by atoms with Crippen molar-refractivity contribution in [2.24, 2.45) is 0 Å². The predicted octanol–water partition coefficient (Wildman–Crippen LogP) is 0.800. The van der Waals surface area contributed by atoms with Crippen LogP contribution in [0.25, 0.3) is 11.0 Å². The Morgan fingerprint density at radius 1 is 1.40 bits per heavy atom. The molecule has 2 aromatic heterocycles. The van der Waals surface area contributed by atoms with E-state index in [0.717, 1.165) is 11.0 Å². The van der Waals surface area contributed by atoms with Gasteiger partial charge in [-0.3, -0.25) is 4.79 Å². The summed E-state index contributed by atoms with van der Waals surface area (Å²) in [5.74, 6) is 0.285. The van der Waals surface area contributed by atoms with Crippen LogP contribution in [-0.2, 0) is 6.54 Å². The third kappa shape index (κ3) is 2.07. The highest BCUT2D eigenvalue weighted by Crippen LogP contribution is 2.13. The van der Waals surface area contributed by atoms with Crippen molar-refractivity contribution in [2.75, 3.05) is 12.8 Å². The van der Waals surface area contributed by atoms with Crippen LogP contribution in [0.4, 0.5) is 5.82 Å². The summed E-state index contributed by atoms with van der Waals surface area (Å²) < 4.78 is 4.42. The lowest BCUT2D eigenvalue weighted by Gasteiger charge is -2.13. The van der Waals surface area contributed by atoms with E-state index in [1.54, 1.807) is 7.05 Å². The molecule has 0 aliphatic heterocycles. The standard InChI is InChI=1S/C12H12N6O2/c1-18(12(19)10-11(13)17-20-16-10)6-9-14-7-4-2-3-5-8(7)15-9/h2-5H,6H2,1H3,(H2,13,17)(H,14,15). The van der Waals surface area contributed by atoms with Crippen molar-refractivity contribution >= 4 is 22.8 Å². The van der Waals surface area contributed by atoms with Gasteiger partial charge in [0.1, 0.15) is 5.82 Å². The van der Waals surface area contributed by atoms with E-state index in [2.05, 4.69) is 24.9 Å². The molecule has 0 atom stereocenters. The van der Waals surface area contributed by atoms with Crippen LogP contribution in [-0.4, -0.2) is 38.1 Å². The predicted molar refractivity (Wildman–Crippen MR) is 70.6 cm³/mol. The SMILES string of the molecule is CN(Cc1nc2ccccc2[nH]1)C(=O)c1nonc1N. The zero-order chi connectivity index (χ0) is 14.1. The maximum atomic E-state index is 12.1. The summed E-state index contributed by atoms with van der Waals surface area (Å²) in [5, 5.41) is 6.87. The molecule has 3 aromatic rings. The second-order valence-corrected chi connectivity index (χ2v) is 4.36. The molecule has 0 aliphatic carbocycles. The van der Waals surface area contributed by atoms with E-state index in [1.807, 2.05) is 24.3 Å². The third-order valence-electron chi connectivity index (χ3n) is 2.89. The number of benzene rings is 1. The number of aromatic nitrogens is 4. The number of nitrogen functional groups attached to an aromatic ring is 1. The number of rotatable bonds is 3. The number of nitrogens with two attached hydrogens (primary N) is 1. The van der Waals surface area contributed by atoms with Gasteiger partial charge in [0.2, 0.25) is 11.5 Å². The van der Waals surface area contributed by atoms with E-state index < -0.39 is 0 Å². The molecule has 8 heteroatoms. The van der Waals surface area contributed by atoms with Crippen LogP contribution in [0, 0.1) is 0 Å². The molecule has 0 spiro atoms. The highest BCUT2D eigenvalue weighted by Gasteiger charge is 2.21. The number of carbonyl (C=O) groups is 1. The Bertz CT molecular complexity index is 729. The lowest BCUT2D eigenvalue weighted by molar-refractivity contribution is 0.0771. The summed E-state index contributed by atoms with van der Waals surface area (Å²) in [5.41, 5.74) is 7.27. The Balaban J connectivity index is 1.80. The highest BCUT2D eigenvalue weighted by atomic mass is 16.6. The van der Waals surface area contributed by atoms with E-state index in [0.29, 0.717) is 12.4 Å². The second kappa shape index (κ2) is 4.65. The number of nitrogens with zero attached hydrogens (tertiary/aromatic N) is 4. The van der Waals surface area contributed by atoms with Crippen LogP contribution >= 0.6 is 0 Å². The number of hydrogen-bond acceptors (Lipinski definition) is 6. The monoisotopic (exact) mass is 272 g/mol. The average molecular weight is 272 g/mol. The fourth-order valence-corrected chi connectivity index (χ4v) is 1.90. The van der Waals surface area contributed by atoms with Gasteiger partial charge < -0.3 is 15.6 Å². The molecule has 0 aliphatic rings. The Labute approximate surface area is 113 Å². The minimum atomic E-state index is -0.371. The zero-order valence-electron chi connectivity index (χ0n) is 10.7. The summed E-state index contributed by atoms with van der Waals surface area (Å²) in [6, 6.07) is 7.65. The third-order valence-corrected chi connectivity index (χ3v) is 2.89. The zero-order valence-corrected chi connectivity index (χ0v) is 10.7. The van der Waals surface area contributed by atoms with Gasteiger partial charge in [0, 0.05) is 7.05 Å². The number of aromatic amines is 1. The van der Waals surface area contributed by atoms with Crippen LogP contribution in [0.2, 0.25) is 0 Å². The quantitative estimate of drug-likeness (QED) is 0.729. The molecule has 2 heterocycles. The first-order valence-electron chi connectivity index (χ1n) is 5.92. The molecule has 1 amide bonds. The van der Waals surface area contributed by atoms with E-state index >= 15 is 0 Å². The molecule has 20 heavy (non-hydrogen) atoms. The van der Waals surface area contributed by atoms with Crippen molar-refractivity contribution in [3.05, 3.63) is 35.8 Å². The molecule has 0 saturated heterocycles. The van der Waals surface area contributed by atoms with Gasteiger partial charge in [-0.2, -0.15) is 0 Å². The Morgan fingerprint density at radius 3 is 2.90 bits per heavy atom. The Morgan fingerprint density at radius 2 is 2.20 bits per heavy atom. The molecule has 0 radical (unpaired) electrons. The van der Waals surface area contributed by atoms with Gasteiger partial charge >= 0.3 is 0 Å². The molecule has 0 saturated carbocycles. The molecule has 0 unspecified atom stereocenters. The van der Waals surface area contributed by atoms with E-state index in [1.165, 1.54) is 4.90 Å². The second-order valence-electron chi connectivity index (χ2n) is 4.36. The lowest BCUT2D eigenvalue weighted by Crippen LogP contribution is -2.27. The number of nitrogens with one attached hydrogen (secondary N) is 1. The maximum absolute atomic E-state index is 12.1. The van der Waals surface area contributed by atoms with Gasteiger partial charge in [0.05, 0.1) is 17.6 Å². The molecule has 102 valence electrons. The first-order valence-corrected chi connectivity index (χ1v) is 5.92. The van der Waals surface area contributed by atoms with Crippen molar-refractivity contribution in [2.45, 2.75) is 6.54 Å². The molecular formula is C12H12N6O2. The number of amides is 1. The van der Waals surface area contributed by atoms with Crippen LogP contribution in [0.3, 0.4) is 0 Å². The number of H-pyrrole nitrogens is 1. The minimum absolute atomic E-state index is 0.00334. The topological polar surface area (TPSA) is 114 Å². The maximum Gasteiger partial charge on any atom is 0.280 e. The van der Waals surface area contributed by atoms with Gasteiger partial charge in [-0.25, -0.2) is 9.61 Å². The summed E-state index contributed by atoms with van der Waals surface area (Å²) in [4.78, 5) is 21.1. The van der Waals surface area contributed by atoms with Crippen LogP contribution in [0.1, 0.15) is 16.3 Å². The van der Waals surface area contributed by atoms with E-state index in [4.69, 9.17) is 5.73 Å². The smallest absolute Gasteiger partial charge is 0.280 e. The molecule has 0 bridgehead atoms. The summed E-state index contributed by atoms with van der Waals surface area (Å²) in [6.07, 6.45) is 0. The number of imidazole rings is 1. The largest absolute Gasteiger partial charge is 0.379 e. The lowest BCUT2D eigenvalue weighted by atomic mass is 10.3. The van der Waals surface area contributed by atoms with Gasteiger partial charge in [-0.05, 0) is 22.4 Å². The summed E-state index contributed by atoms with van der Waals surface area (Å²) in [7, 11) is 1.63. The number of hydrogen-bond donors (Lipinski definition) is 2. The van der Waals surface area contributed by atoms with Gasteiger partial charge in [-0.15, -0.1) is 0 Å². The van der Waals surface area contributed by atoms with Gasteiger partial charge in [0.25, 0.3) is 5.91 Å². The molecular weight excluding hydrogens is 260 g/mol. The number of fused-ring (bicyclic) bond motifs is 1. The number of para-hydroxylation sites is 2. The fraction of sp³-hybridized carbons (Fsp3) is 0.167. The molecule has 0 fully saturated rings. The molecule has 3 N–H and O–H groups in total. The minimum Gasteiger partial charge on any atom is -0.379 e. The fourth-order valence-electron chi connectivity index (χ4n) is 1.90. The average Bonchev–Trinajstić information content (AvgIpc) is 3.03. The van der Waals surface area contributed by atoms with Gasteiger partial charge in [0.15, 0.2) is 0 Å². The van der Waals surface area contributed by atoms with E-state index in [9.17, 15) is 4.79 Å². The van der Waals surface area contributed by atoms with Gasteiger partial charge in [-0.1, -0.05) is 12.1 Å². The highest BCUT2D eigenvalue weighted by molar-refractivity contribution is 5.95. The van der Waals surface area contributed by atoms with E-state index in [-0.39, 0.29) is 17.4 Å². The van der Waals surface area contributed by atoms with Crippen molar-refractivity contribution in [1.82, 2.24) is 25.2 Å². The molecule has 3 rings (SSSR count). The molecule has 1 aromatic carbocycles. The van der Waals surface area contributed by atoms with Crippen LogP contribution in [0.15, 0.2) is 28.9 Å². The Hall–Kier alpha value is -2.90. The molecule has 8 nitrogen and oxygen atoms in total. The van der Waals surface area contributed by atoms with Crippen molar-refractivity contribution < 1.29 is 9.42 Å². The van der Waals surface area contributed by atoms with Crippen molar-refractivity contribution in [3.8, 4) is 0 Å².